The second-order valence-corrected chi connectivity index (χ2v) is 18.5. The molecule has 1 amide bonds. The monoisotopic (exact) mass is 811 g/mol. The second-order valence-electron chi connectivity index (χ2n) is 18.5. The van der Waals surface area contributed by atoms with Crippen molar-refractivity contribution in [1.82, 2.24) is 20.1 Å². The van der Waals surface area contributed by atoms with Gasteiger partial charge in [0.1, 0.15) is 17.3 Å². The number of aliphatic hydroxyl groups excluding tert-OH is 2. The third kappa shape index (κ3) is 5.37. The molecular formula is C46H61N5O8. The summed E-state index contributed by atoms with van der Waals surface area (Å²) in [4.78, 5) is 40.4. The normalized spacial score (nSPS) is 37.1. The van der Waals surface area contributed by atoms with Crippen molar-refractivity contribution >= 4 is 28.5 Å². The van der Waals surface area contributed by atoms with Crippen LogP contribution in [0.25, 0.3) is 10.9 Å². The summed E-state index contributed by atoms with van der Waals surface area (Å²) in [6.45, 7) is 7.39. The first-order chi connectivity index (χ1) is 28.3. The summed E-state index contributed by atoms with van der Waals surface area (Å²) in [5.74, 6) is -0.727. The number of fused-ring (bicyclic) bond motifs is 6. The number of amides is 1. The van der Waals surface area contributed by atoms with Crippen molar-refractivity contribution in [1.29, 1.82) is 0 Å². The van der Waals surface area contributed by atoms with Gasteiger partial charge in [-0.3, -0.25) is 19.4 Å². The molecule has 6 N–H and O–H groups in total. The summed E-state index contributed by atoms with van der Waals surface area (Å²) in [5, 5.41) is 51.3. The van der Waals surface area contributed by atoms with Crippen LogP contribution in [0.3, 0.4) is 0 Å². The Morgan fingerprint density at radius 3 is 2.56 bits per heavy atom. The van der Waals surface area contributed by atoms with E-state index < -0.39 is 51.5 Å². The minimum atomic E-state index is -2.26. The number of aromatic nitrogens is 1. The van der Waals surface area contributed by atoms with Crippen molar-refractivity contribution in [2.24, 2.45) is 11.3 Å². The smallest absolute Gasteiger partial charge is 0.322 e. The molecule has 3 aromatic rings. The molecule has 318 valence electrons. The average molecular weight is 812 g/mol. The highest BCUT2D eigenvalue weighted by molar-refractivity contribution is 5.95. The van der Waals surface area contributed by atoms with Gasteiger partial charge in [0.25, 0.3) is 5.91 Å². The Bertz CT molecular complexity index is 2190. The second kappa shape index (κ2) is 14.3. The molecule has 1 aliphatic carbocycles. The summed E-state index contributed by atoms with van der Waals surface area (Å²) in [6, 6.07) is 11.0. The number of hydrogen-bond acceptors (Lipinski definition) is 11. The molecule has 6 aliphatic rings. The van der Waals surface area contributed by atoms with Gasteiger partial charge in [-0.1, -0.05) is 44.2 Å². The topological polar surface area (TPSA) is 171 Å². The molecule has 13 heteroatoms. The van der Waals surface area contributed by atoms with Crippen LogP contribution in [0.15, 0.2) is 48.6 Å². The number of ether oxygens (including phenoxy) is 2. The van der Waals surface area contributed by atoms with Crippen LogP contribution in [0.2, 0.25) is 0 Å². The first-order valence-corrected chi connectivity index (χ1v) is 21.6. The number of carbonyl (C=O) groups excluding carboxylic acids is 2. The number of para-hydroxylation sites is 1. The van der Waals surface area contributed by atoms with Gasteiger partial charge in [-0.2, -0.15) is 0 Å². The number of nitrogens with one attached hydrogen (secondary N) is 2. The fourth-order valence-electron chi connectivity index (χ4n) is 13.5. The summed E-state index contributed by atoms with van der Waals surface area (Å²) in [7, 11) is 4.92. The first-order valence-electron chi connectivity index (χ1n) is 21.6. The van der Waals surface area contributed by atoms with E-state index in [1.54, 1.807) is 7.11 Å². The highest BCUT2D eigenvalue weighted by Gasteiger charge is 2.78. The molecule has 1 saturated carbocycles. The van der Waals surface area contributed by atoms with E-state index >= 15 is 4.79 Å². The minimum absolute atomic E-state index is 0.0903. The number of aliphatic hydroxyl groups is 4. The minimum Gasteiger partial charge on any atom is -0.496 e. The molecule has 1 aromatic heterocycles. The number of likely N-dealkylation sites (N-methyl/N-ethyl adjacent to an activating group) is 1. The van der Waals surface area contributed by atoms with Crippen LogP contribution in [-0.2, 0) is 31.6 Å². The van der Waals surface area contributed by atoms with Crippen LogP contribution in [0.4, 0.5) is 5.69 Å². The quantitative estimate of drug-likeness (QED) is 0.107. The summed E-state index contributed by atoms with van der Waals surface area (Å²) < 4.78 is 12.3. The average Bonchev–Trinajstić information content (AvgIpc) is 3.90. The van der Waals surface area contributed by atoms with Crippen molar-refractivity contribution in [3.8, 4) is 5.75 Å². The van der Waals surface area contributed by atoms with Crippen LogP contribution >= 0.6 is 0 Å². The summed E-state index contributed by atoms with van der Waals surface area (Å²) in [5.41, 5.74) is -1.47. The Kier molecular flexibility index (Phi) is 9.80. The van der Waals surface area contributed by atoms with E-state index in [1.807, 2.05) is 56.1 Å². The van der Waals surface area contributed by atoms with E-state index in [4.69, 9.17) is 9.47 Å². The number of benzene rings is 2. The molecule has 2 aromatic carbocycles. The Balaban J connectivity index is 1.34. The number of hydrogen-bond donors (Lipinski definition) is 6. The largest absolute Gasteiger partial charge is 0.496 e. The van der Waals surface area contributed by atoms with E-state index in [2.05, 4.69) is 38.3 Å². The maximum atomic E-state index is 15.3. The van der Waals surface area contributed by atoms with Crippen LogP contribution in [0.1, 0.15) is 74.8 Å². The molecular weight excluding hydrogens is 751 g/mol. The highest BCUT2D eigenvalue weighted by Crippen LogP contribution is 2.67. The Morgan fingerprint density at radius 2 is 1.83 bits per heavy atom. The summed E-state index contributed by atoms with van der Waals surface area (Å²) >= 11 is 0. The lowest BCUT2D eigenvalue weighted by molar-refractivity contribution is -0.203. The Labute approximate surface area is 346 Å². The number of nitrogens with zero attached hydrogens (tertiary/aromatic N) is 3. The van der Waals surface area contributed by atoms with E-state index in [-0.39, 0.29) is 25.1 Å². The predicted octanol–water partition coefficient (Wildman–Crippen LogP) is 2.75. The molecule has 5 aliphatic heterocycles. The van der Waals surface area contributed by atoms with Crippen molar-refractivity contribution in [3.05, 3.63) is 70.9 Å². The van der Waals surface area contributed by atoms with Crippen LogP contribution in [0, 0.1) is 11.3 Å². The van der Waals surface area contributed by atoms with Gasteiger partial charge >= 0.3 is 5.97 Å². The van der Waals surface area contributed by atoms with Gasteiger partial charge in [-0.25, -0.2) is 0 Å². The van der Waals surface area contributed by atoms with Crippen molar-refractivity contribution in [2.75, 3.05) is 72.0 Å². The lowest BCUT2D eigenvalue weighted by atomic mass is 9.47. The molecule has 6 heterocycles. The number of rotatable bonds is 9. The number of carbonyl (C=O) groups is 2. The summed E-state index contributed by atoms with van der Waals surface area (Å²) in [6.07, 6.45) is 6.10. The Hall–Kier alpha value is -3.98. The van der Waals surface area contributed by atoms with Gasteiger partial charge in [0.05, 0.1) is 25.9 Å². The van der Waals surface area contributed by atoms with E-state index in [1.165, 1.54) is 7.11 Å². The van der Waals surface area contributed by atoms with Crippen LogP contribution in [-0.4, -0.2) is 144 Å². The fraction of sp³-hybridized carbons (Fsp3) is 0.609. The molecule has 3 fully saturated rings. The number of anilines is 1. The first kappa shape index (κ1) is 40.4. The van der Waals surface area contributed by atoms with E-state index in [9.17, 15) is 25.2 Å². The van der Waals surface area contributed by atoms with Crippen LogP contribution < -0.4 is 15.0 Å². The number of aromatic amines is 1. The number of H-pyrrole nitrogens is 1. The van der Waals surface area contributed by atoms with E-state index in [0.29, 0.717) is 89.0 Å². The zero-order chi connectivity index (χ0) is 41.7. The Morgan fingerprint density at radius 1 is 1.03 bits per heavy atom. The van der Waals surface area contributed by atoms with Gasteiger partial charge in [0.2, 0.25) is 0 Å². The molecule has 2 bridgehead atoms. The van der Waals surface area contributed by atoms with Gasteiger partial charge in [0, 0.05) is 97.2 Å². The lowest BCUT2D eigenvalue weighted by Crippen LogP contribution is -2.81. The fourth-order valence-corrected chi connectivity index (χ4v) is 13.5. The van der Waals surface area contributed by atoms with Gasteiger partial charge < -0.3 is 45.1 Å². The maximum absolute atomic E-state index is 15.3. The lowest BCUT2D eigenvalue weighted by Gasteiger charge is -2.63. The predicted molar refractivity (Wildman–Crippen MR) is 224 cm³/mol. The molecule has 59 heavy (non-hydrogen) atoms. The standard InChI is InChI=1S/C46H61N5O8/c1-6-42(56)24-28-25-45(41(55)59-5,36-30(14-19-50(26-28)27-42)29-12-8-9-13-33(29)48-36)32-22-31-34(23-35(32)58-4)49(3)38-44(31)16-20-51-18-10-15-43(7-2,37(44)51)39(53)46(38,57)40(54)47-17-11-21-52/h8-10,12-13,15,22-23,28,37-39,48,52-53,56-57H,6-7,11,14,16-21,24-27H2,1-5H3,(H,47,54). The number of methoxy groups -OCH3 is 2. The van der Waals surface area contributed by atoms with Gasteiger partial charge in [-0.05, 0) is 80.7 Å². The van der Waals surface area contributed by atoms with E-state index in [0.717, 1.165) is 33.4 Å². The zero-order valence-corrected chi connectivity index (χ0v) is 35.1. The zero-order valence-electron chi connectivity index (χ0n) is 35.1. The third-order valence-electron chi connectivity index (χ3n) is 15.8. The number of piperidine rings is 1. The molecule has 10 unspecified atom stereocenters. The van der Waals surface area contributed by atoms with Crippen molar-refractivity contribution in [3.63, 3.8) is 0 Å². The molecule has 10 atom stereocenters. The SMILES string of the molecule is CCC1(O)CC2CN(CCc3c([nH]c4ccccc34)C(C(=O)OC)(c3cc4c(cc3OC)N(C)C3C(O)(C(=O)NCCCO)C(O)C5(CC)C=CCN6CCC43C65)C2)C1. The molecule has 13 nitrogen and oxygen atoms in total. The molecule has 1 spiro atoms. The van der Waals surface area contributed by atoms with Gasteiger partial charge in [-0.15, -0.1) is 0 Å². The maximum Gasteiger partial charge on any atom is 0.322 e. The molecule has 9 rings (SSSR count). The van der Waals surface area contributed by atoms with Crippen molar-refractivity contribution in [2.45, 2.75) is 99.0 Å². The highest BCUT2D eigenvalue weighted by atomic mass is 16.5. The van der Waals surface area contributed by atoms with Crippen LogP contribution in [0.5, 0.6) is 5.75 Å². The van der Waals surface area contributed by atoms with Gasteiger partial charge in [0.15, 0.2) is 5.60 Å². The van der Waals surface area contributed by atoms with Crippen molar-refractivity contribution < 1.29 is 39.5 Å². The molecule has 2 saturated heterocycles. The third-order valence-corrected chi connectivity index (χ3v) is 15.8. The molecule has 0 radical (unpaired) electrons. The number of esters is 1.